The Balaban J connectivity index is 1.58. The molecule has 8 nitrogen and oxygen atoms in total. The molecule has 0 aliphatic heterocycles. The summed E-state index contributed by atoms with van der Waals surface area (Å²) in [4.78, 5) is 41.7. The minimum absolute atomic E-state index is 0.0000791. The molecular weight excluding hydrogens is 542 g/mol. The molecule has 1 aromatic heterocycles. The molecule has 0 bridgehead atoms. The molecule has 4 rings (SSSR count). The number of esters is 1. The summed E-state index contributed by atoms with van der Waals surface area (Å²) in [6.07, 6.45) is 6.58. The van der Waals surface area contributed by atoms with Crippen molar-refractivity contribution in [3.63, 3.8) is 0 Å². The van der Waals surface area contributed by atoms with E-state index in [9.17, 15) is 19.5 Å². The van der Waals surface area contributed by atoms with Crippen molar-refractivity contribution in [3.05, 3.63) is 88.0 Å². The number of aromatic nitrogens is 2. The van der Waals surface area contributed by atoms with Crippen LogP contribution in [0.25, 0.3) is 0 Å². The van der Waals surface area contributed by atoms with Crippen LogP contribution >= 0.6 is 11.6 Å². The fourth-order valence-electron chi connectivity index (χ4n) is 5.68. The number of imidazole rings is 1. The molecule has 0 saturated heterocycles. The van der Waals surface area contributed by atoms with Gasteiger partial charge in [0.1, 0.15) is 12.4 Å². The third-order valence-electron chi connectivity index (χ3n) is 7.77. The topological polar surface area (TPSA) is 111 Å². The second kappa shape index (κ2) is 14.3. The minimum Gasteiger partial charge on any atom is -0.476 e. The number of aromatic carboxylic acids is 1. The summed E-state index contributed by atoms with van der Waals surface area (Å²) in [5.41, 5.74) is 2.66. The van der Waals surface area contributed by atoms with Gasteiger partial charge < -0.3 is 19.7 Å². The van der Waals surface area contributed by atoms with Gasteiger partial charge in [-0.3, -0.25) is 9.59 Å². The Morgan fingerprint density at radius 1 is 1.07 bits per heavy atom. The van der Waals surface area contributed by atoms with Crippen molar-refractivity contribution in [1.82, 2.24) is 14.9 Å². The highest BCUT2D eigenvalue weighted by Gasteiger charge is 2.33. The SMILES string of the molecule is CCCCc1nc(Cl)c(C(=O)O)n1Cc1ccc(C(C(=O)NC(COC(C)=O)c2ccccc2)C2CCCC2)cc1. The molecule has 9 heteroatoms. The number of carboxylic acids is 1. The summed E-state index contributed by atoms with van der Waals surface area (Å²) in [5.74, 6) is -1.10. The third-order valence-corrected chi connectivity index (χ3v) is 8.03. The molecule has 1 saturated carbocycles. The van der Waals surface area contributed by atoms with Gasteiger partial charge in [0.25, 0.3) is 0 Å². The zero-order valence-corrected chi connectivity index (χ0v) is 24.4. The molecular formula is C32H38ClN3O5. The number of carbonyl (C=O) groups is 3. The molecule has 41 heavy (non-hydrogen) atoms. The van der Waals surface area contributed by atoms with Gasteiger partial charge in [0.2, 0.25) is 5.91 Å². The van der Waals surface area contributed by atoms with E-state index in [0.29, 0.717) is 18.8 Å². The number of amides is 1. The first kappa shape index (κ1) is 30.3. The standard InChI is InChI=1S/C32H38ClN3O5/c1-3-4-14-27-35-30(33)29(32(39)40)36(27)19-22-15-17-25(18-16-22)28(24-12-8-9-13-24)31(38)34-26(20-41-21(2)37)23-10-6-5-7-11-23/h5-7,10-11,15-18,24,26,28H,3-4,8-9,12-14,19-20H2,1-2H3,(H,34,38)(H,39,40). The van der Waals surface area contributed by atoms with E-state index in [1.165, 1.54) is 6.92 Å². The van der Waals surface area contributed by atoms with Crippen molar-refractivity contribution in [3.8, 4) is 0 Å². The Bertz CT molecular complexity index is 1330. The van der Waals surface area contributed by atoms with Gasteiger partial charge >= 0.3 is 11.9 Å². The van der Waals surface area contributed by atoms with Gasteiger partial charge in [-0.1, -0.05) is 92.4 Å². The van der Waals surface area contributed by atoms with E-state index >= 15 is 0 Å². The average molecular weight is 580 g/mol. The van der Waals surface area contributed by atoms with Crippen LogP contribution in [0.3, 0.4) is 0 Å². The Morgan fingerprint density at radius 3 is 2.37 bits per heavy atom. The van der Waals surface area contributed by atoms with E-state index in [2.05, 4.69) is 17.2 Å². The molecule has 3 aromatic rings. The second-order valence-electron chi connectivity index (χ2n) is 10.7. The van der Waals surface area contributed by atoms with Crippen molar-refractivity contribution < 1.29 is 24.2 Å². The van der Waals surface area contributed by atoms with Crippen molar-refractivity contribution in [1.29, 1.82) is 0 Å². The number of benzene rings is 2. The summed E-state index contributed by atoms with van der Waals surface area (Å²) in [6, 6.07) is 16.9. The van der Waals surface area contributed by atoms with Crippen molar-refractivity contribution in [2.75, 3.05) is 6.61 Å². The maximum atomic E-state index is 13.9. The first-order valence-corrected chi connectivity index (χ1v) is 14.7. The molecule has 2 atom stereocenters. The van der Waals surface area contributed by atoms with Crippen LogP contribution in [0.4, 0.5) is 0 Å². The van der Waals surface area contributed by atoms with E-state index in [-0.39, 0.29) is 35.2 Å². The Kier molecular flexibility index (Phi) is 10.6. The van der Waals surface area contributed by atoms with E-state index in [1.54, 1.807) is 4.57 Å². The predicted octanol–water partition coefficient (Wildman–Crippen LogP) is 6.32. The highest BCUT2D eigenvalue weighted by atomic mass is 35.5. The molecule has 1 heterocycles. The molecule has 1 amide bonds. The maximum absolute atomic E-state index is 13.9. The number of nitrogens with one attached hydrogen (secondary N) is 1. The Labute approximate surface area is 246 Å². The molecule has 1 aliphatic carbocycles. The number of ether oxygens (including phenoxy) is 1. The van der Waals surface area contributed by atoms with Gasteiger partial charge in [-0.25, -0.2) is 9.78 Å². The maximum Gasteiger partial charge on any atom is 0.355 e. The van der Waals surface area contributed by atoms with Crippen molar-refractivity contribution >= 4 is 29.4 Å². The smallest absolute Gasteiger partial charge is 0.355 e. The lowest BCUT2D eigenvalue weighted by molar-refractivity contribution is -0.142. The van der Waals surface area contributed by atoms with E-state index in [0.717, 1.165) is 55.2 Å². The van der Waals surface area contributed by atoms with Gasteiger partial charge in [-0.05, 0) is 41.9 Å². The van der Waals surface area contributed by atoms with Gasteiger partial charge in [-0.2, -0.15) is 0 Å². The molecule has 218 valence electrons. The van der Waals surface area contributed by atoms with Crippen LogP contribution in [-0.4, -0.2) is 39.1 Å². The summed E-state index contributed by atoms with van der Waals surface area (Å²) >= 11 is 6.21. The first-order chi connectivity index (χ1) is 19.8. The summed E-state index contributed by atoms with van der Waals surface area (Å²) in [7, 11) is 0. The summed E-state index contributed by atoms with van der Waals surface area (Å²) < 4.78 is 6.97. The molecule has 1 fully saturated rings. The van der Waals surface area contributed by atoms with Crippen LogP contribution < -0.4 is 5.32 Å². The highest BCUT2D eigenvalue weighted by Crippen LogP contribution is 2.38. The number of unbranched alkanes of at least 4 members (excludes halogenated alkanes) is 1. The lowest BCUT2D eigenvalue weighted by Gasteiger charge is -2.27. The van der Waals surface area contributed by atoms with Gasteiger partial charge in [0.15, 0.2) is 10.8 Å². The van der Waals surface area contributed by atoms with E-state index < -0.39 is 18.0 Å². The molecule has 0 spiro atoms. The fourth-order valence-corrected chi connectivity index (χ4v) is 5.96. The summed E-state index contributed by atoms with van der Waals surface area (Å²) in [6.45, 7) is 3.80. The second-order valence-corrected chi connectivity index (χ2v) is 11.1. The van der Waals surface area contributed by atoms with Crippen LogP contribution in [0.15, 0.2) is 54.6 Å². The Hall–Kier alpha value is -3.65. The number of hydrogen-bond donors (Lipinski definition) is 2. The van der Waals surface area contributed by atoms with Crippen molar-refractivity contribution in [2.24, 2.45) is 5.92 Å². The zero-order chi connectivity index (χ0) is 29.4. The quantitative estimate of drug-likeness (QED) is 0.229. The first-order valence-electron chi connectivity index (χ1n) is 14.3. The number of rotatable bonds is 13. The third kappa shape index (κ3) is 7.76. The monoisotopic (exact) mass is 579 g/mol. The number of carboxylic acid groups (broad SMARTS) is 1. The minimum atomic E-state index is -1.11. The van der Waals surface area contributed by atoms with E-state index in [1.807, 2.05) is 54.6 Å². The fraction of sp³-hybridized carbons (Fsp3) is 0.438. The van der Waals surface area contributed by atoms with Crippen LogP contribution in [0.2, 0.25) is 5.15 Å². The highest BCUT2D eigenvalue weighted by molar-refractivity contribution is 6.32. The van der Waals surface area contributed by atoms with E-state index in [4.69, 9.17) is 16.3 Å². The molecule has 2 unspecified atom stereocenters. The number of hydrogen-bond acceptors (Lipinski definition) is 5. The molecule has 0 radical (unpaired) electrons. The summed E-state index contributed by atoms with van der Waals surface area (Å²) in [5, 5.41) is 12.9. The van der Waals surface area contributed by atoms with Crippen LogP contribution in [0.1, 0.15) is 97.3 Å². The Morgan fingerprint density at radius 2 is 1.76 bits per heavy atom. The average Bonchev–Trinajstić information content (AvgIpc) is 3.59. The lowest BCUT2D eigenvalue weighted by atomic mass is 9.83. The number of carbonyl (C=O) groups excluding carboxylic acids is 2. The number of aryl methyl sites for hydroxylation is 1. The predicted molar refractivity (Wildman–Crippen MR) is 157 cm³/mol. The normalized spacial score (nSPS) is 14.9. The zero-order valence-electron chi connectivity index (χ0n) is 23.6. The van der Waals surface area contributed by atoms with Gasteiger partial charge in [0, 0.05) is 19.9 Å². The van der Waals surface area contributed by atoms with Crippen molar-refractivity contribution in [2.45, 2.75) is 77.3 Å². The van der Waals surface area contributed by atoms with Gasteiger partial charge in [-0.15, -0.1) is 0 Å². The van der Waals surface area contributed by atoms with Crippen LogP contribution in [-0.2, 0) is 27.3 Å². The lowest BCUT2D eigenvalue weighted by Crippen LogP contribution is -2.37. The van der Waals surface area contributed by atoms with Gasteiger partial charge in [0.05, 0.1) is 12.0 Å². The molecule has 2 aromatic carbocycles. The van der Waals surface area contributed by atoms with Crippen LogP contribution in [0, 0.1) is 5.92 Å². The number of halogens is 1. The number of nitrogens with zero attached hydrogens (tertiary/aromatic N) is 2. The molecule has 1 aliphatic rings. The largest absolute Gasteiger partial charge is 0.476 e. The van der Waals surface area contributed by atoms with Crippen LogP contribution in [0.5, 0.6) is 0 Å². The molecule has 2 N–H and O–H groups in total.